The Morgan fingerprint density at radius 2 is 1.92 bits per heavy atom. The summed E-state index contributed by atoms with van der Waals surface area (Å²) in [5.41, 5.74) is 1.16. The van der Waals surface area contributed by atoms with Crippen LogP contribution < -0.4 is 4.74 Å². The largest absolute Gasteiger partial charge is 0.494 e. The standard InChI is InChI=1S/C19H22FN3O3/c1-26-17-6-5-14(12-16(17)20)19(25)23-9-3-8-22(10-11-23)18(24)13-15-4-2-7-21-15/h2,4-7,12,21H,3,8-11,13H2,1H3. The number of amides is 2. The number of rotatable bonds is 4. The number of nitrogens with zero attached hydrogens (tertiary/aromatic N) is 2. The summed E-state index contributed by atoms with van der Waals surface area (Å²) in [6.45, 7) is 2.06. The van der Waals surface area contributed by atoms with Gasteiger partial charge in [0.05, 0.1) is 13.5 Å². The minimum atomic E-state index is -0.559. The molecule has 0 spiro atoms. The van der Waals surface area contributed by atoms with E-state index in [0.29, 0.717) is 39.0 Å². The summed E-state index contributed by atoms with van der Waals surface area (Å²) in [6, 6.07) is 7.94. The summed E-state index contributed by atoms with van der Waals surface area (Å²) in [5.74, 6) is -0.642. The van der Waals surface area contributed by atoms with E-state index in [9.17, 15) is 14.0 Å². The first-order chi connectivity index (χ1) is 12.6. The van der Waals surface area contributed by atoms with Crippen molar-refractivity contribution in [2.75, 3.05) is 33.3 Å². The van der Waals surface area contributed by atoms with Crippen LogP contribution in [0.2, 0.25) is 0 Å². The normalized spacial score (nSPS) is 14.8. The molecule has 138 valence electrons. The Morgan fingerprint density at radius 3 is 2.62 bits per heavy atom. The van der Waals surface area contributed by atoms with E-state index in [1.807, 2.05) is 12.1 Å². The van der Waals surface area contributed by atoms with Gasteiger partial charge in [-0.2, -0.15) is 0 Å². The topological polar surface area (TPSA) is 65.6 Å². The summed E-state index contributed by atoms with van der Waals surface area (Å²) < 4.78 is 18.7. The molecule has 2 heterocycles. The number of aromatic nitrogens is 1. The molecule has 0 aliphatic carbocycles. The predicted octanol–water partition coefficient (Wildman–Crippen LogP) is 2.08. The summed E-state index contributed by atoms with van der Waals surface area (Å²) in [5, 5.41) is 0. The molecule has 1 aliphatic rings. The lowest BCUT2D eigenvalue weighted by Crippen LogP contribution is -2.38. The Morgan fingerprint density at radius 1 is 1.15 bits per heavy atom. The van der Waals surface area contributed by atoms with Crippen molar-refractivity contribution in [1.82, 2.24) is 14.8 Å². The summed E-state index contributed by atoms with van der Waals surface area (Å²) in [6.07, 6.45) is 2.81. The second-order valence-corrected chi connectivity index (χ2v) is 6.25. The van der Waals surface area contributed by atoms with Crippen LogP contribution in [0.25, 0.3) is 0 Å². The van der Waals surface area contributed by atoms with E-state index < -0.39 is 5.82 Å². The van der Waals surface area contributed by atoms with E-state index in [1.165, 1.54) is 19.2 Å². The first-order valence-corrected chi connectivity index (χ1v) is 8.61. The maximum Gasteiger partial charge on any atom is 0.254 e. The third kappa shape index (κ3) is 4.04. The molecule has 0 saturated carbocycles. The summed E-state index contributed by atoms with van der Waals surface area (Å²) in [4.78, 5) is 31.5. The van der Waals surface area contributed by atoms with Crippen molar-refractivity contribution in [3.8, 4) is 5.75 Å². The van der Waals surface area contributed by atoms with Gasteiger partial charge in [0.1, 0.15) is 0 Å². The van der Waals surface area contributed by atoms with E-state index in [2.05, 4.69) is 4.98 Å². The second-order valence-electron chi connectivity index (χ2n) is 6.25. The molecule has 0 bridgehead atoms. The van der Waals surface area contributed by atoms with Crippen molar-refractivity contribution in [3.05, 3.63) is 53.6 Å². The predicted molar refractivity (Wildman–Crippen MR) is 94.5 cm³/mol. The van der Waals surface area contributed by atoms with E-state index in [1.54, 1.807) is 22.1 Å². The highest BCUT2D eigenvalue weighted by Crippen LogP contribution is 2.19. The first-order valence-electron chi connectivity index (χ1n) is 8.61. The SMILES string of the molecule is COc1ccc(C(=O)N2CCCN(C(=O)Cc3ccc[nH]3)CC2)cc1F. The number of methoxy groups -OCH3 is 1. The fourth-order valence-corrected chi connectivity index (χ4v) is 3.10. The molecule has 2 amide bonds. The first kappa shape index (κ1) is 18.0. The van der Waals surface area contributed by atoms with Crippen LogP contribution >= 0.6 is 0 Å². The second kappa shape index (κ2) is 8.03. The minimum Gasteiger partial charge on any atom is -0.494 e. The number of halogens is 1. The maximum atomic E-state index is 13.9. The Bertz CT molecular complexity index is 776. The molecule has 26 heavy (non-hydrogen) atoms. The van der Waals surface area contributed by atoms with Gasteiger partial charge in [0.25, 0.3) is 5.91 Å². The molecular weight excluding hydrogens is 337 g/mol. The van der Waals surface area contributed by atoms with Crippen molar-refractivity contribution >= 4 is 11.8 Å². The molecule has 1 saturated heterocycles. The zero-order valence-electron chi connectivity index (χ0n) is 14.7. The molecular formula is C19H22FN3O3. The Balaban J connectivity index is 1.61. The van der Waals surface area contributed by atoms with Crippen LogP contribution in [-0.4, -0.2) is 59.9 Å². The Hall–Kier alpha value is -2.83. The lowest BCUT2D eigenvalue weighted by Gasteiger charge is -2.22. The number of carbonyl (C=O) groups excluding carboxylic acids is 2. The van der Waals surface area contributed by atoms with Crippen LogP contribution in [0, 0.1) is 5.82 Å². The fourth-order valence-electron chi connectivity index (χ4n) is 3.10. The van der Waals surface area contributed by atoms with Gasteiger partial charge in [0.2, 0.25) is 5.91 Å². The van der Waals surface area contributed by atoms with Crippen LogP contribution in [0.15, 0.2) is 36.5 Å². The molecule has 6 nitrogen and oxygen atoms in total. The van der Waals surface area contributed by atoms with Gasteiger partial charge < -0.3 is 19.5 Å². The number of benzene rings is 1. The molecule has 0 unspecified atom stereocenters. The molecule has 1 aliphatic heterocycles. The average Bonchev–Trinajstić information content (AvgIpc) is 3.02. The van der Waals surface area contributed by atoms with E-state index in [-0.39, 0.29) is 23.1 Å². The molecule has 7 heteroatoms. The fraction of sp³-hybridized carbons (Fsp3) is 0.368. The van der Waals surface area contributed by atoms with E-state index in [0.717, 1.165) is 5.69 Å². The highest BCUT2D eigenvalue weighted by Gasteiger charge is 2.23. The number of nitrogens with one attached hydrogen (secondary N) is 1. The van der Waals surface area contributed by atoms with Crippen molar-refractivity contribution in [1.29, 1.82) is 0 Å². The van der Waals surface area contributed by atoms with Gasteiger partial charge in [-0.15, -0.1) is 0 Å². The lowest BCUT2D eigenvalue weighted by atomic mass is 10.1. The van der Waals surface area contributed by atoms with Gasteiger partial charge in [0.15, 0.2) is 11.6 Å². The van der Waals surface area contributed by atoms with Crippen LogP contribution in [0.4, 0.5) is 4.39 Å². The number of hydrogen-bond acceptors (Lipinski definition) is 3. The van der Waals surface area contributed by atoms with E-state index in [4.69, 9.17) is 4.74 Å². The van der Waals surface area contributed by atoms with Crippen LogP contribution in [0.5, 0.6) is 5.75 Å². The van der Waals surface area contributed by atoms with Crippen molar-refractivity contribution < 1.29 is 18.7 Å². The van der Waals surface area contributed by atoms with Crippen LogP contribution in [0.1, 0.15) is 22.5 Å². The quantitative estimate of drug-likeness (QED) is 0.909. The van der Waals surface area contributed by atoms with Crippen LogP contribution in [-0.2, 0) is 11.2 Å². The number of carbonyl (C=O) groups is 2. The van der Waals surface area contributed by atoms with E-state index >= 15 is 0 Å². The van der Waals surface area contributed by atoms with Gasteiger partial charge in [0, 0.05) is 43.6 Å². The smallest absolute Gasteiger partial charge is 0.254 e. The Labute approximate surface area is 151 Å². The zero-order valence-corrected chi connectivity index (χ0v) is 14.7. The lowest BCUT2D eigenvalue weighted by molar-refractivity contribution is -0.130. The molecule has 1 fully saturated rings. The van der Waals surface area contributed by atoms with Gasteiger partial charge in [-0.05, 0) is 36.8 Å². The number of hydrogen-bond donors (Lipinski definition) is 1. The molecule has 2 aromatic rings. The summed E-state index contributed by atoms with van der Waals surface area (Å²) >= 11 is 0. The molecule has 3 rings (SSSR count). The number of H-pyrrole nitrogens is 1. The van der Waals surface area contributed by atoms with Crippen molar-refractivity contribution in [2.45, 2.75) is 12.8 Å². The molecule has 0 atom stereocenters. The van der Waals surface area contributed by atoms with Gasteiger partial charge in [-0.25, -0.2) is 4.39 Å². The van der Waals surface area contributed by atoms with Gasteiger partial charge in [-0.3, -0.25) is 9.59 Å². The molecule has 1 aromatic heterocycles. The van der Waals surface area contributed by atoms with Gasteiger partial charge >= 0.3 is 0 Å². The third-order valence-electron chi connectivity index (χ3n) is 4.54. The zero-order chi connectivity index (χ0) is 18.5. The third-order valence-corrected chi connectivity index (χ3v) is 4.54. The van der Waals surface area contributed by atoms with Crippen molar-refractivity contribution in [2.24, 2.45) is 0 Å². The maximum absolute atomic E-state index is 13.9. The van der Waals surface area contributed by atoms with Gasteiger partial charge in [-0.1, -0.05) is 0 Å². The van der Waals surface area contributed by atoms with Crippen LogP contribution in [0.3, 0.4) is 0 Å². The monoisotopic (exact) mass is 359 g/mol. The Kier molecular flexibility index (Phi) is 5.55. The number of aromatic amines is 1. The summed E-state index contributed by atoms with van der Waals surface area (Å²) in [7, 11) is 1.38. The highest BCUT2D eigenvalue weighted by molar-refractivity contribution is 5.94. The highest BCUT2D eigenvalue weighted by atomic mass is 19.1. The average molecular weight is 359 g/mol. The van der Waals surface area contributed by atoms with Crippen molar-refractivity contribution in [3.63, 3.8) is 0 Å². The molecule has 1 aromatic carbocycles. The minimum absolute atomic E-state index is 0.0391. The molecule has 1 N–H and O–H groups in total. The number of ether oxygens (including phenoxy) is 1. The molecule has 0 radical (unpaired) electrons.